The molecule has 0 aliphatic carbocycles. The fraction of sp³-hybridized carbons (Fsp3) is 0.692. The average Bonchev–Trinajstić information content (AvgIpc) is 2.41. The number of amides is 2. The molecule has 7 N–H and O–H groups in total. The van der Waals surface area contributed by atoms with E-state index in [4.69, 9.17) is 21.1 Å². The van der Waals surface area contributed by atoms with Crippen LogP contribution in [0.5, 0.6) is 0 Å². The van der Waals surface area contributed by atoms with Crippen LogP contribution in [0.2, 0.25) is 0 Å². The van der Waals surface area contributed by atoms with Crippen LogP contribution in [-0.4, -0.2) is 63.8 Å². The van der Waals surface area contributed by atoms with E-state index >= 15 is 0 Å². The molecule has 132 valence electrons. The number of aliphatic hydroxyl groups excluding tert-OH is 1. The molecule has 2 amide bonds. The van der Waals surface area contributed by atoms with E-state index in [0.29, 0.717) is 6.42 Å². The number of carboxylic acids is 2. The van der Waals surface area contributed by atoms with Crippen molar-refractivity contribution in [3.63, 3.8) is 0 Å². The van der Waals surface area contributed by atoms with Gasteiger partial charge in [-0.1, -0.05) is 13.8 Å². The maximum absolute atomic E-state index is 11.9. The molecule has 0 heterocycles. The Morgan fingerprint density at radius 3 is 1.91 bits per heavy atom. The number of hydrogen-bond donors (Lipinski definition) is 6. The monoisotopic (exact) mass is 333 g/mol. The van der Waals surface area contributed by atoms with Crippen LogP contribution in [0.25, 0.3) is 0 Å². The van der Waals surface area contributed by atoms with E-state index in [1.54, 1.807) is 0 Å². The van der Waals surface area contributed by atoms with Gasteiger partial charge in [-0.2, -0.15) is 0 Å². The Morgan fingerprint density at radius 1 is 1.00 bits per heavy atom. The number of hydrogen-bond acceptors (Lipinski definition) is 6. The maximum Gasteiger partial charge on any atom is 0.328 e. The van der Waals surface area contributed by atoms with Crippen LogP contribution in [0.1, 0.15) is 26.7 Å². The number of aliphatic hydroxyl groups is 1. The Kier molecular flexibility index (Phi) is 8.81. The van der Waals surface area contributed by atoms with Crippen LogP contribution in [0.15, 0.2) is 0 Å². The Labute approximate surface area is 133 Å². The van der Waals surface area contributed by atoms with Crippen molar-refractivity contribution in [1.29, 1.82) is 0 Å². The maximum atomic E-state index is 11.9. The van der Waals surface area contributed by atoms with Gasteiger partial charge < -0.3 is 31.7 Å². The molecule has 3 atom stereocenters. The first-order valence-corrected chi connectivity index (χ1v) is 7.00. The van der Waals surface area contributed by atoms with Crippen molar-refractivity contribution in [3.05, 3.63) is 0 Å². The molecule has 0 spiro atoms. The smallest absolute Gasteiger partial charge is 0.328 e. The summed E-state index contributed by atoms with van der Waals surface area (Å²) in [6.45, 7) is 2.81. The van der Waals surface area contributed by atoms with Crippen molar-refractivity contribution in [1.82, 2.24) is 10.6 Å². The highest BCUT2D eigenvalue weighted by molar-refractivity contribution is 5.93. The molecule has 0 rings (SSSR count). The van der Waals surface area contributed by atoms with Crippen molar-refractivity contribution in [3.8, 4) is 0 Å². The predicted octanol–water partition coefficient (Wildman–Crippen LogP) is -2.12. The fourth-order valence-electron chi connectivity index (χ4n) is 1.74. The van der Waals surface area contributed by atoms with Crippen LogP contribution >= 0.6 is 0 Å². The largest absolute Gasteiger partial charge is 0.481 e. The predicted molar refractivity (Wildman–Crippen MR) is 78.3 cm³/mol. The summed E-state index contributed by atoms with van der Waals surface area (Å²) >= 11 is 0. The molecule has 0 bridgehead atoms. The minimum Gasteiger partial charge on any atom is -0.481 e. The number of carboxylic acid groups (broad SMARTS) is 2. The van der Waals surface area contributed by atoms with Gasteiger partial charge in [0, 0.05) is 0 Å². The van der Waals surface area contributed by atoms with Crippen LogP contribution in [-0.2, 0) is 19.2 Å². The SMILES string of the molecule is CC(C)C[C@H](N)C(=O)N[C@@H](CC(=O)O)C(=O)N[C@@H](CO)C(=O)O. The van der Waals surface area contributed by atoms with Crippen molar-refractivity contribution in [2.75, 3.05) is 6.61 Å². The van der Waals surface area contributed by atoms with Crippen LogP contribution in [0.4, 0.5) is 0 Å². The third kappa shape index (κ3) is 8.12. The van der Waals surface area contributed by atoms with Crippen molar-refractivity contribution < 1.29 is 34.5 Å². The molecule has 0 saturated carbocycles. The zero-order valence-corrected chi connectivity index (χ0v) is 13.0. The normalized spacial score (nSPS) is 14.7. The van der Waals surface area contributed by atoms with E-state index in [2.05, 4.69) is 5.32 Å². The number of rotatable bonds is 10. The minimum atomic E-state index is -1.60. The van der Waals surface area contributed by atoms with Crippen molar-refractivity contribution in [2.24, 2.45) is 11.7 Å². The molecule has 0 aromatic heterocycles. The summed E-state index contributed by atoms with van der Waals surface area (Å²) in [6.07, 6.45) is -0.411. The lowest BCUT2D eigenvalue weighted by atomic mass is 10.0. The fourth-order valence-corrected chi connectivity index (χ4v) is 1.74. The van der Waals surface area contributed by atoms with Gasteiger partial charge in [0.1, 0.15) is 12.1 Å². The van der Waals surface area contributed by atoms with Gasteiger partial charge in [-0.05, 0) is 12.3 Å². The first kappa shape index (κ1) is 20.8. The van der Waals surface area contributed by atoms with Gasteiger partial charge in [-0.3, -0.25) is 14.4 Å². The molecule has 0 aromatic carbocycles. The Hall–Kier alpha value is -2.20. The summed E-state index contributed by atoms with van der Waals surface area (Å²) in [5.74, 6) is -4.47. The number of aliphatic carboxylic acids is 2. The van der Waals surface area contributed by atoms with Gasteiger partial charge in [-0.15, -0.1) is 0 Å². The first-order valence-electron chi connectivity index (χ1n) is 7.00. The van der Waals surface area contributed by atoms with Gasteiger partial charge in [-0.25, -0.2) is 4.79 Å². The van der Waals surface area contributed by atoms with Crippen LogP contribution in [0.3, 0.4) is 0 Å². The quantitative estimate of drug-likeness (QED) is 0.262. The molecule has 0 aromatic rings. The van der Waals surface area contributed by atoms with E-state index in [1.807, 2.05) is 19.2 Å². The minimum absolute atomic E-state index is 0.119. The third-order valence-electron chi connectivity index (χ3n) is 2.87. The zero-order chi connectivity index (χ0) is 18.2. The lowest BCUT2D eigenvalue weighted by Crippen LogP contribution is -2.55. The molecular formula is C13H23N3O7. The Morgan fingerprint density at radius 2 is 1.52 bits per heavy atom. The van der Waals surface area contributed by atoms with Crippen molar-refractivity contribution >= 4 is 23.8 Å². The van der Waals surface area contributed by atoms with E-state index < -0.39 is 54.9 Å². The van der Waals surface area contributed by atoms with Gasteiger partial charge in [0.2, 0.25) is 11.8 Å². The lowest BCUT2D eigenvalue weighted by Gasteiger charge is -2.21. The van der Waals surface area contributed by atoms with E-state index in [0.717, 1.165) is 0 Å². The lowest BCUT2D eigenvalue weighted by molar-refractivity contribution is -0.144. The topological polar surface area (TPSA) is 179 Å². The van der Waals surface area contributed by atoms with Crippen LogP contribution < -0.4 is 16.4 Å². The molecule has 23 heavy (non-hydrogen) atoms. The number of carbonyl (C=O) groups excluding carboxylic acids is 2. The highest BCUT2D eigenvalue weighted by Gasteiger charge is 2.29. The second-order valence-electron chi connectivity index (χ2n) is 5.48. The van der Waals surface area contributed by atoms with E-state index in [-0.39, 0.29) is 5.92 Å². The highest BCUT2D eigenvalue weighted by Crippen LogP contribution is 2.04. The van der Waals surface area contributed by atoms with Gasteiger partial charge in [0.25, 0.3) is 0 Å². The summed E-state index contributed by atoms with van der Waals surface area (Å²) in [5, 5.41) is 30.6. The molecule has 10 nitrogen and oxygen atoms in total. The molecule has 0 unspecified atom stereocenters. The summed E-state index contributed by atoms with van der Waals surface area (Å²) in [7, 11) is 0. The number of nitrogens with one attached hydrogen (secondary N) is 2. The Balaban J connectivity index is 4.93. The second-order valence-corrected chi connectivity index (χ2v) is 5.48. The van der Waals surface area contributed by atoms with Crippen LogP contribution in [0, 0.1) is 5.92 Å². The molecule has 0 fully saturated rings. The third-order valence-corrected chi connectivity index (χ3v) is 2.87. The van der Waals surface area contributed by atoms with E-state index in [9.17, 15) is 19.2 Å². The standard InChI is InChI=1S/C13H23N3O7/c1-6(2)3-7(14)11(20)15-8(4-10(18)19)12(21)16-9(5-17)13(22)23/h6-9,17H,3-5,14H2,1-2H3,(H,15,20)(H,16,21)(H,18,19)(H,22,23)/t7-,8-,9-/m0/s1. The van der Waals surface area contributed by atoms with Gasteiger partial charge in [0.15, 0.2) is 0 Å². The summed E-state index contributed by atoms with van der Waals surface area (Å²) in [5.41, 5.74) is 5.65. The summed E-state index contributed by atoms with van der Waals surface area (Å²) in [6, 6.07) is -4.01. The molecule has 0 radical (unpaired) electrons. The molecular weight excluding hydrogens is 310 g/mol. The molecule has 10 heteroatoms. The van der Waals surface area contributed by atoms with E-state index in [1.165, 1.54) is 0 Å². The summed E-state index contributed by atoms with van der Waals surface area (Å²) in [4.78, 5) is 45.4. The second kappa shape index (κ2) is 9.74. The average molecular weight is 333 g/mol. The molecule has 0 aliphatic rings. The first-order chi connectivity index (χ1) is 10.6. The zero-order valence-electron chi connectivity index (χ0n) is 13.0. The number of nitrogens with two attached hydrogens (primary N) is 1. The van der Waals surface area contributed by atoms with Crippen molar-refractivity contribution in [2.45, 2.75) is 44.8 Å². The summed E-state index contributed by atoms with van der Waals surface area (Å²) < 4.78 is 0. The molecule has 0 aliphatic heterocycles. The Bertz CT molecular complexity index is 453. The van der Waals surface area contributed by atoms with Gasteiger partial charge >= 0.3 is 11.9 Å². The number of carbonyl (C=O) groups is 4. The highest BCUT2D eigenvalue weighted by atomic mass is 16.4. The van der Waals surface area contributed by atoms with Gasteiger partial charge in [0.05, 0.1) is 19.1 Å². The molecule has 0 saturated heterocycles.